The lowest BCUT2D eigenvalue weighted by atomic mass is 10.2. The molecule has 0 aromatic carbocycles. The third-order valence-electron chi connectivity index (χ3n) is 1.67. The second-order valence-electron chi connectivity index (χ2n) is 3.10. The van der Waals surface area contributed by atoms with E-state index in [1.807, 2.05) is 6.92 Å². The van der Waals surface area contributed by atoms with E-state index in [0.29, 0.717) is 6.42 Å². The Morgan fingerprint density at radius 2 is 2.62 bits per heavy atom. The zero-order chi connectivity index (χ0) is 9.68. The molecule has 1 atom stereocenters. The molecule has 3 N–H and O–H groups in total. The standard InChI is InChI=1S/C8H15N3OS/c1-6(5-7(9)12)11-8-10-3-2-4-13-8/h6H,2-5H2,1H3,(H2,9,12)(H,10,11). The average molecular weight is 201 g/mol. The molecule has 13 heavy (non-hydrogen) atoms. The second-order valence-corrected chi connectivity index (χ2v) is 4.19. The number of nitrogens with two attached hydrogens (primary N) is 1. The highest BCUT2D eigenvalue weighted by molar-refractivity contribution is 8.13. The van der Waals surface area contributed by atoms with Crippen LogP contribution in [0.1, 0.15) is 19.8 Å². The molecule has 0 radical (unpaired) electrons. The third-order valence-corrected chi connectivity index (χ3v) is 2.69. The Labute approximate surface area is 82.4 Å². The van der Waals surface area contributed by atoms with Crippen LogP contribution in [0.25, 0.3) is 0 Å². The highest BCUT2D eigenvalue weighted by atomic mass is 32.2. The summed E-state index contributed by atoms with van der Waals surface area (Å²) < 4.78 is 0. The van der Waals surface area contributed by atoms with E-state index in [-0.39, 0.29) is 11.9 Å². The van der Waals surface area contributed by atoms with Crippen molar-refractivity contribution >= 4 is 22.8 Å². The SMILES string of the molecule is CC(CC(N)=O)NC1=NCCCS1. The van der Waals surface area contributed by atoms with E-state index in [9.17, 15) is 4.79 Å². The second kappa shape index (κ2) is 5.11. The molecule has 4 nitrogen and oxygen atoms in total. The Kier molecular flexibility index (Phi) is 4.08. The Morgan fingerprint density at radius 3 is 3.15 bits per heavy atom. The van der Waals surface area contributed by atoms with E-state index in [1.54, 1.807) is 11.8 Å². The van der Waals surface area contributed by atoms with Gasteiger partial charge in [0, 0.05) is 24.8 Å². The summed E-state index contributed by atoms with van der Waals surface area (Å²) in [5, 5.41) is 4.11. The monoisotopic (exact) mass is 201 g/mol. The summed E-state index contributed by atoms with van der Waals surface area (Å²) in [7, 11) is 0. The van der Waals surface area contributed by atoms with Gasteiger partial charge in [0.2, 0.25) is 5.91 Å². The predicted molar refractivity (Wildman–Crippen MR) is 55.8 cm³/mol. The first kappa shape index (κ1) is 10.4. The van der Waals surface area contributed by atoms with E-state index in [2.05, 4.69) is 10.3 Å². The molecule has 0 spiro atoms. The van der Waals surface area contributed by atoms with Gasteiger partial charge in [0.05, 0.1) is 0 Å². The maximum atomic E-state index is 10.6. The smallest absolute Gasteiger partial charge is 0.219 e. The molecule has 0 fully saturated rings. The number of hydrogen-bond acceptors (Lipinski definition) is 4. The van der Waals surface area contributed by atoms with Gasteiger partial charge in [0.25, 0.3) is 0 Å². The van der Waals surface area contributed by atoms with Crippen LogP contribution < -0.4 is 11.1 Å². The van der Waals surface area contributed by atoms with E-state index in [4.69, 9.17) is 5.73 Å². The highest BCUT2D eigenvalue weighted by Gasteiger charge is 2.10. The number of nitrogens with one attached hydrogen (secondary N) is 1. The first-order valence-electron chi connectivity index (χ1n) is 4.40. The molecule has 1 rings (SSSR count). The third kappa shape index (κ3) is 4.17. The summed E-state index contributed by atoms with van der Waals surface area (Å²) in [5.74, 6) is 0.830. The fourth-order valence-corrected chi connectivity index (χ4v) is 2.04. The number of thioether (sulfide) groups is 1. The van der Waals surface area contributed by atoms with Crippen LogP contribution in [0.5, 0.6) is 0 Å². The molecule has 1 aliphatic rings. The molecule has 1 aliphatic heterocycles. The van der Waals surface area contributed by atoms with Crippen LogP contribution in [0.3, 0.4) is 0 Å². The van der Waals surface area contributed by atoms with Crippen molar-refractivity contribution in [2.75, 3.05) is 12.3 Å². The van der Waals surface area contributed by atoms with Crippen LogP contribution in [0.15, 0.2) is 4.99 Å². The molecule has 0 aromatic heterocycles. The minimum Gasteiger partial charge on any atom is -0.370 e. The number of amides is 1. The molecular formula is C8H15N3OS. The Bertz CT molecular complexity index is 217. The Balaban J connectivity index is 2.30. The lowest BCUT2D eigenvalue weighted by Crippen LogP contribution is -2.35. The van der Waals surface area contributed by atoms with Crippen LogP contribution in [-0.2, 0) is 4.79 Å². The fraction of sp³-hybridized carbons (Fsp3) is 0.750. The van der Waals surface area contributed by atoms with Gasteiger partial charge in [-0.1, -0.05) is 11.8 Å². The summed E-state index contributed by atoms with van der Waals surface area (Å²) >= 11 is 1.71. The quantitative estimate of drug-likeness (QED) is 0.691. The van der Waals surface area contributed by atoms with Gasteiger partial charge in [-0.15, -0.1) is 0 Å². The number of carbonyl (C=O) groups is 1. The number of amidine groups is 1. The zero-order valence-corrected chi connectivity index (χ0v) is 8.56. The minimum atomic E-state index is -0.276. The summed E-state index contributed by atoms with van der Waals surface area (Å²) in [4.78, 5) is 14.9. The van der Waals surface area contributed by atoms with Crippen LogP contribution in [0.2, 0.25) is 0 Å². The summed E-state index contributed by atoms with van der Waals surface area (Å²) in [6.45, 7) is 2.82. The molecule has 0 saturated carbocycles. The molecule has 1 amide bonds. The number of carbonyl (C=O) groups excluding carboxylic acids is 1. The summed E-state index contributed by atoms with van der Waals surface area (Å²) in [6, 6.07) is 0.0850. The number of rotatable bonds is 3. The van der Waals surface area contributed by atoms with Gasteiger partial charge in [-0.25, -0.2) is 0 Å². The number of primary amides is 1. The lowest BCUT2D eigenvalue weighted by Gasteiger charge is -2.17. The summed E-state index contributed by atoms with van der Waals surface area (Å²) in [6.07, 6.45) is 1.50. The van der Waals surface area contributed by atoms with Gasteiger partial charge >= 0.3 is 0 Å². The van der Waals surface area contributed by atoms with Gasteiger partial charge in [-0.3, -0.25) is 9.79 Å². The Hall–Kier alpha value is -0.710. The molecule has 5 heteroatoms. The van der Waals surface area contributed by atoms with E-state index >= 15 is 0 Å². The number of aliphatic imine (C=N–C) groups is 1. The molecule has 1 unspecified atom stereocenters. The van der Waals surface area contributed by atoms with Crippen molar-refractivity contribution in [3.05, 3.63) is 0 Å². The number of nitrogens with zero attached hydrogens (tertiary/aromatic N) is 1. The molecule has 0 saturated heterocycles. The van der Waals surface area contributed by atoms with Crippen LogP contribution in [0, 0.1) is 0 Å². The predicted octanol–water partition coefficient (Wildman–Crippen LogP) is 0.333. The lowest BCUT2D eigenvalue weighted by molar-refractivity contribution is -0.118. The molecule has 1 heterocycles. The van der Waals surface area contributed by atoms with E-state index in [1.165, 1.54) is 0 Å². The van der Waals surface area contributed by atoms with Crippen LogP contribution >= 0.6 is 11.8 Å². The minimum absolute atomic E-state index is 0.0850. The van der Waals surface area contributed by atoms with Crippen molar-refractivity contribution in [3.63, 3.8) is 0 Å². The number of hydrogen-bond donors (Lipinski definition) is 2. The van der Waals surface area contributed by atoms with Crippen molar-refractivity contribution in [3.8, 4) is 0 Å². The van der Waals surface area contributed by atoms with Crippen LogP contribution in [-0.4, -0.2) is 29.4 Å². The van der Waals surface area contributed by atoms with E-state index in [0.717, 1.165) is 23.9 Å². The van der Waals surface area contributed by atoms with Crippen molar-refractivity contribution in [2.45, 2.75) is 25.8 Å². The molecule has 0 aliphatic carbocycles. The molecule has 74 valence electrons. The fourth-order valence-electron chi connectivity index (χ4n) is 1.11. The zero-order valence-electron chi connectivity index (χ0n) is 7.75. The van der Waals surface area contributed by atoms with Crippen LogP contribution in [0.4, 0.5) is 0 Å². The largest absolute Gasteiger partial charge is 0.370 e. The van der Waals surface area contributed by atoms with E-state index < -0.39 is 0 Å². The van der Waals surface area contributed by atoms with Gasteiger partial charge in [0.15, 0.2) is 5.17 Å². The first-order chi connectivity index (χ1) is 6.18. The molecular weight excluding hydrogens is 186 g/mol. The highest BCUT2D eigenvalue weighted by Crippen LogP contribution is 2.10. The first-order valence-corrected chi connectivity index (χ1v) is 5.39. The van der Waals surface area contributed by atoms with Gasteiger partial charge < -0.3 is 11.1 Å². The average Bonchev–Trinajstić information content (AvgIpc) is 2.04. The maximum absolute atomic E-state index is 10.6. The van der Waals surface area contributed by atoms with Crippen molar-refractivity contribution in [1.82, 2.24) is 5.32 Å². The normalized spacial score (nSPS) is 19.0. The molecule has 0 aromatic rings. The van der Waals surface area contributed by atoms with Gasteiger partial charge in [-0.2, -0.15) is 0 Å². The van der Waals surface area contributed by atoms with Crippen molar-refractivity contribution in [2.24, 2.45) is 10.7 Å². The van der Waals surface area contributed by atoms with Crippen molar-refractivity contribution in [1.29, 1.82) is 0 Å². The maximum Gasteiger partial charge on any atom is 0.219 e. The van der Waals surface area contributed by atoms with Crippen molar-refractivity contribution < 1.29 is 4.79 Å². The topological polar surface area (TPSA) is 67.5 Å². The molecule has 0 bridgehead atoms. The summed E-state index contributed by atoms with van der Waals surface area (Å²) in [5.41, 5.74) is 5.07. The van der Waals surface area contributed by atoms with Gasteiger partial charge in [-0.05, 0) is 13.3 Å². The Morgan fingerprint density at radius 1 is 1.85 bits per heavy atom. The van der Waals surface area contributed by atoms with Gasteiger partial charge in [0.1, 0.15) is 0 Å².